The van der Waals surface area contributed by atoms with Crippen molar-refractivity contribution in [3.8, 4) is 5.75 Å². The van der Waals surface area contributed by atoms with Gasteiger partial charge in [0.2, 0.25) is 0 Å². The Bertz CT molecular complexity index is 374. The standard InChI is InChI=1S/C17H29NO2S/c1-15-8-7-9-17(12-15)20-14-16(19)13-18-10-5-3-4-6-11-21-2/h7-9,12,16,18-19H,3-6,10-11,13-14H2,1-2H3. The van der Waals surface area contributed by atoms with Crippen LogP contribution < -0.4 is 10.1 Å². The van der Waals surface area contributed by atoms with Crippen molar-refractivity contribution in [1.82, 2.24) is 5.32 Å². The van der Waals surface area contributed by atoms with Crippen LogP contribution in [0.3, 0.4) is 0 Å². The third kappa shape index (κ3) is 9.77. The third-order valence-electron chi connectivity index (χ3n) is 3.26. The highest BCUT2D eigenvalue weighted by Gasteiger charge is 2.04. The Labute approximate surface area is 133 Å². The number of aryl methyl sites for hydroxylation is 1. The number of thioether (sulfide) groups is 1. The number of aliphatic hydroxyl groups excluding tert-OH is 1. The molecule has 0 aliphatic carbocycles. The SMILES string of the molecule is CSCCCCCCNCC(O)COc1cccc(C)c1. The molecule has 1 aromatic rings. The van der Waals surface area contributed by atoms with Gasteiger partial charge in [0.15, 0.2) is 0 Å². The summed E-state index contributed by atoms with van der Waals surface area (Å²) >= 11 is 1.92. The normalized spacial score (nSPS) is 12.3. The second-order valence-electron chi connectivity index (χ2n) is 5.39. The van der Waals surface area contributed by atoms with Crippen LogP contribution in [0.2, 0.25) is 0 Å². The van der Waals surface area contributed by atoms with Crippen molar-refractivity contribution >= 4 is 11.8 Å². The van der Waals surface area contributed by atoms with Crippen molar-refractivity contribution in [1.29, 1.82) is 0 Å². The number of rotatable bonds is 12. The first-order chi connectivity index (χ1) is 10.2. The van der Waals surface area contributed by atoms with Gasteiger partial charge in [0.05, 0.1) is 0 Å². The molecule has 0 fully saturated rings. The fraction of sp³-hybridized carbons (Fsp3) is 0.647. The summed E-state index contributed by atoms with van der Waals surface area (Å²) in [4.78, 5) is 0. The van der Waals surface area contributed by atoms with Crippen LogP contribution in [-0.4, -0.2) is 42.9 Å². The van der Waals surface area contributed by atoms with Crippen LogP contribution in [0.1, 0.15) is 31.2 Å². The number of ether oxygens (including phenoxy) is 1. The molecule has 0 amide bonds. The molecule has 0 aliphatic rings. The molecular weight excluding hydrogens is 282 g/mol. The Hall–Kier alpha value is -0.710. The van der Waals surface area contributed by atoms with E-state index < -0.39 is 6.10 Å². The minimum absolute atomic E-state index is 0.337. The van der Waals surface area contributed by atoms with E-state index in [9.17, 15) is 5.11 Å². The smallest absolute Gasteiger partial charge is 0.119 e. The van der Waals surface area contributed by atoms with Gasteiger partial charge in [0.1, 0.15) is 18.5 Å². The molecule has 21 heavy (non-hydrogen) atoms. The van der Waals surface area contributed by atoms with Gasteiger partial charge in [0, 0.05) is 6.54 Å². The molecule has 0 bridgehead atoms. The van der Waals surface area contributed by atoms with E-state index in [0.717, 1.165) is 12.3 Å². The van der Waals surface area contributed by atoms with Crippen LogP contribution in [0.5, 0.6) is 5.75 Å². The molecule has 0 heterocycles. The second-order valence-corrected chi connectivity index (χ2v) is 6.38. The average Bonchev–Trinajstić information content (AvgIpc) is 2.48. The second kappa shape index (κ2) is 11.9. The van der Waals surface area contributed by atoms with Crippen LogP contribution in [0, 0.1) is 6.92 Å². The molecule has 0 spiro atoms. The van der Waals surface area contributed by atoms with E-state index in [2.05, 4.69) is 11.6 Å². The number of hydrogen-bond acceptors (Lipinski definition) is 4. The molecule has 0 radical (unpaired) electrons. The van der Waals surface area contributed by atoms with Crippen molar-refractivity contribution in [2.45, 2.75) is 38.7 Å². The maximum absolute atomic E-state index is 9.86. The van der Waals surface area contributed by atoms with Crippen molar-refractivity contribution in [3.63, 3.8) is 0 Å². The lowest BCUT2D eigenvalue weighted by Crippen LogP contribution is -2.32. The van der Waals surface area contributed by atoms with Crippen LogP contribution in [-0.2, 0) is 0 Å². The Morgan fingerprint density at radius 3 is 2.81 bits per heavy atom. The van der Waals surface area contributed by atoms with E-state index >= 15 is 0 Å². The summed E-state index contributed by atoms with van der Waals surface area (Å²) < 4.78 is 5.58. The zero-order valence-electron chi connectivity index (χ0n) is 13.3. The molecular formula is C17H29NO2S. The zero-order valence-corrected chi connectivity index (χ0v) is 14.1. The van der Waals surface area contributed by atoms with Gasteiger partial charge in [-0.3, -0.25) is 0 Å². The molecule has 4 heteroatoms. The summed E-state index contributed by atoms with van der Waals surface area (Å²) in [6.07, 6.45) is 6.77. The van der Waals surface area contributed by atoms with Gasteiger partial charge >= 0.3 is 0 Å². The first kappa shape index (κ1) is 18.3. The van der Waals surface area contributed by atoms with Gasteiger partial charge in [-0.05, 0) is 56.0 Å². The number of unbranched alkanes of at least 4 members (excludes halogenated alkanes) is 3. The van der Waals surface area contributed by atoms with Crippen molar-refractivity contribution < 1.29 is 9.84 Å². The highest BCUT2D eigenvalue weighted by Crippen LogP contribution is 2.12. The van der Waals surface area contributed by atoms with E-state index in [1.807, 2.05) is 43.0 Å². The van der Waals surface area contributed by atoms with Gasteiger partial charge in [-0.1, -0.05) is 25.0 Å². The molecule has 3 nitrogen and oxygen atoms in total. The Kier molecular flexibility index (Phi) is 10.4. The Morgan fingerprint density at radius 2 is 2.05 bits per heavy atom. The van der Waals surface area contributed by atoms with E-state index in [-0.39, 0.29) is 0 Å². The first-order valence-electron chi connectivity index (χ1n) is 7.79. The van der Waals surface area contributed by atoms with Gasteiger partial charge in [0.25, 0.3) is 0 Å². The molecule has 0 aromatic heterocycles. The van der Waals surface area contributed by atoms with Crippen LogP contribution in [0.15, 0.2) is 24.3 Å². The Morgan fingerprint density at radius 1 is 1.24 bits per heavy atom. The van der Waals surface area contributed by atoms with Crippen molar-refractivity contribution in [2.24, 2.45) is 0 Å². The van der Waals surface area contributed by atoms with Gasteiger partial charge in [-0.25, -0.2) is 0 Å². The quantitative estimate of drug-likeness (QED) is 0.582. The summed E-state index contributed by atoms with van der Waals surface area (Å²) in [7, 11) is 0. The van der Waals surface area contributed by atoms with Crippen molar-refractivity contribution in [2.75, 3.05) is 31.7 Å². The number of nitrogens with one attached hydrogen (secondary N) is 1. The minimum atomic E-state index is -0.456. The maximum Gasteiger partial charge on any atom is 0.119 e. The average molecular weight is 311 g/mol. The lowest BCUT2D eigenvalue weighted by atomic mass is 10.2. The van der Waals surface area contributed by atoms with Crippen LogP contribution in [0.4, 0.5) is 0 Å². The van der Waals surface area contributed by atoms with E-state index in [1.54, 1.807) is 0 Å². The Balaban J connectivity index is 1.97. The summed E-state index contributed by atoms with van der Waals surface area (Å²) in [6.45, 7) is 3.94. The first-order valence-corrected chi connectivity index (χ1v) is 9.19. The summed E-state index contributed by atoms with van der Waals surface area (Å²) in [5.74, 6) is 2.09. The monoisotopic (exact) mass is 311 g/mol. The van der Waals surface area contributed by atoms with Gasteiger partial charge < -0.3 is 15.2 Å². The summed E-state index contributed by atoms with van der Waals surface area (Å²) in [5.41, 5.74) is 1.17. The topological polar surface area (TPSA) is 41.5 Å². The van der Waals surface area contributed by atoms with E-state index in [0.29, 0.717) is 13.2 Å². The lowest BCUT2D eigenvalue weighted by molar-refractivity contribution is 0.106. The largest absolute Gasteiger partial charge is 0.491 e. The van der Waals surface area contributed by atoms with E-state index in [4.69, 9.17) is 4.74 Å². The molecule has 1 aromatic carbocycles. The number of aliphatic hydroxyl groups is 1. The highest BCUT2D eigenvalue weighted by atomic mass is 32.2. The molecule has 2 N–H and O–H groups in total. The predicted octanol–water partition coefficient (Wildman–Crippen LogP) is 3.25. The van der Waals surface area contributed by atoms with Gasteiger partial charge in [-0.2, -0.15) is 11.8 Å². The van der Waals surface area contributed by atoms with E-state index in [1.165, 1.54) is 37.0 Å². The fourth-order valence-corrected chi connectivity index (χ4v) is 2.57. The molecule has 0 saturated carbocycles. The molecule has 0 aliphatic heterocycles. The van der Waals surface area contributed by atoms with Gasteiger partial charge in [-0.15, -0.1) is 0 Å². The summed E-state index contributed by atoms with van der Waals surface area (Å²) in [5, 5.41) is 13.2. The molecule has 1 rings (SSSR count). The van der Waals surface area contributed by atoms with Crippen LogP contribution in [0.25, 0.3) is 0 Å². The third-order valence-corrected chi connectivity index (χ3v) is 3.96. The van der Waals surface area contributed by atoms with Crippen LogP contribution >= 0.6 is 11.8 Å². The number of benzene rings is 1. The predicted molar refractivity (Wildman–Crippen MR) is 92.4 cm³/mol. The maximum atomic E-state index is 9.86. The molecule has 120 valence electrons. The zero-order chi connectivity index (χ0) is 15.3. The molecule has 1 unspecified atom stereocenters. The lowest BCUT2D eigenvalue weighted by Gasteiger charge is -2.13. The summed E-state index contributed by atoms with van der Waals surface area (Å²) in [6, 6.07) is 7.90. The molecule has 0 saturated heterocycles. The number of hydrogen-bond donors (Lipinski definition) is 2. The fourth-order valence-electron chi connectivity index (χ4n) is 2.08. The minimum Gasteiger partial charge on any atom is -0.491 e. The van der Waals surface area contributed by atoms with Crippen molar-refractivity contribution in [3.05, 3.63) is 29.8 Å². The molecule has 1 atom stereocenters. The highest BCUT2D eigenvalue weighted by molar-refractivity contribution is 7.98.